The van der Waals surface area contributed by atoms with Crippen molar-refractivity contribution < 1.29 is 9.53 Å². The van der Waals surface area contributed by atoms with Crippen LogP contribution in [0.2, 0.25) is 18.1 Å². The molecule has 0 aliphatic heterocycles. The Hall–Kier alpha value is -0.123. The largest absolute Gasteiger partial charge is 0.414 e. The van der Waals surface area contributed by atoms with Gasteiger partial charge in [-0.05, 0) is 123 Å². The molecule has 3 heteroatoms. The summed E-state index contributed by atoms with van der Waals surface area (Å²) in [5, 5.41) is 9.65. The van der Waals surface area contributed by atoms with E-state index < -0.39 is 8.32 Å². The van der Waals surface area contributed by atoms with E-state index in [2.05, 4.69) is 60.7 Å². The minimum atomic E-state index is -1.71. The highest BCUT2D eigenvalue weighted by Crippen LogP contribution is 2.67. The van der Waals surface area contributed by atoms with Gasteiger partial charge in [0.1, 0.15) is 0 Å². The number of fused-ring (bicyclic) bond motifs is 5. The minimum absolute atomic E-state index is 0.293. The van der Waals surface area contributed by atoms with E-state index in [9.17, 15) is 5.11 Å². The Morgan fingerprint density at radius 2 is 1.82 bits per heavy atom. The number of allylic oxidation sites excluding steroid dienone is 1. The van der Waals surface area contributed by atoms with Gasteiger partial charge in [-0.1, -0.05) is 53.2 Å². The van der Waals surface area contributed by atoms with Crippen LogP contribution in [0, 0.1) is 40.4 Å². The molecule has 0 aromatic rings. The standard InChI is InChI=1S/C30H54O2Si/c1-21(10-9-19-31)25-13-14-26-24-12-11-22-20-23(32-33(7,8)28(2,3)4)15-17-29(22,5)27(24)16-18-30(25,26)6/h11,21,23-27,31H,9-10,12-20H2,1-8H3. The maximum Gasteiger partial charge on any atom is 0.192 e. The lowest BCUT2D eigenvalue weighted by molar-refractivity contribution is -0.0566. The molecule has 0 spiro atoms. The summed E-state index contributed by atoms with van der Waals surface area (Å²) < 4.78 is 6.91. The van der Waals surface area contributed by atoms with Crippen molar-refractivity contribution in [2.45, 2.75) is 130 Å². The van der Waals surface area contributed by atoms with Crippen molar-refractivity contribution in [2.24, 2.45) is 40.4 Å². The van der Waals surface area contributed by atoms with Crippen LogP contribution in [0.1, 0.15) is 106 Å². The Balaban J connectivity index is 1.49. The van der Waals surface area contributed by atoms with Crippen LogP contribution in [0.4, 0.5) is 0 Å². The summed E-state index contributed by atoms with van der Waals surface area (Å²) in [5.74, 6) is 4.31. The Bertz CT molecular complexity index is 736. The van der Waals surface area contributed by atoms with E-state index in [4.69, 9.17) is 4.43 Å². The number of rotatable bonds is 6. The molecule has 0 saturated heterocycles. The lowest BCUT2D eigenvalue weighted by Gasteiger charge is -2.59. The number of hydrogen-bond donors (Lipinski definition) is 1. The second kappa shape index (κ2) is 9.07. The first-order valence-corrected chi connectivity index (χ1v) is 17.2. The van der Waals surface area contributed by atoms with Gasteiger partial charge < -0.3 is 9.53 Å². The molecule has 2 nitrogen and oxygen atoms in total. The molecule has 0 amide bonds. The van der Waals surface area contributed by atoms with E-state index in [-0.39, 0.29) is 0 Å². The van der Waals surface area contributed by atoms with Gasteiger partial charge in [0.2, 0.25) is 0 Å². The quantitative estimate of drug-likeness (QED) is 0.309. The number of aliphatic hydroxyl groups excluding tert-OH is 1. The van der Waals surface area contributed by atoms with E-state index >= 15 is 0 Å². The van der Waals surface area contributed by atoms with Gasteiger partial charge in [0.25, 0.3) is 0 Å². The first-order chi connectivity index (χ1) is 15.3. The second-order valence-electron chi connectivity index (χ2n) is 14.6. The topological polar surface area (TPSA) is 29.5 Å². The molecule has 0 aromatic carbocycles. The molecule has 0 bridgehead atoms. The fraction of sp³-hybridized carbons (Fsp3) is 0.933. The Kier molecular flexibility index (Phi) is 7.14. The monoisotopic (exact) mass is 474 g/mol. The summed E-state index contributed by atoms with van der Waals surface area (Å²) in [6, 6.07) is 0. The summed E-state index contributed by atoms with van der Waals surface area (Å²) in [4.78, 5) is 0. The highest BCUT2D eigenvalue weighted by atomic mass is 28.4. The summed E-state index contributed by atoms with van der Waals surface area (Å²) in [7, 11) is -1.71. The maximum absolute atomic E-state index is 9.35. The van der Waals surface area contributed by atoms with Gasteiger partial charge in [-0.15, -0.1) is 0 Å². The zero-order valence-corrected chi connectivity index (χ0v) is 24.2. The predicted octanol–water partition coefficient (Wildman–Crippen LogP) is 8.36. The number of aliphatic hydroxyl groups is 1. The summed E-state index contributed by atoms with van der Waals surface area (Å²) >= 11 is 0. The van der Waals surface area contributed by atoms with Crippen molar-refractivity contribution >= 4 is 8.32 Å². The van der Waals surface area contributed by atoms with E-state index in [1.54, 1.807) is 5.57 Å². The molecule has 33 heavy (non-hydrogen) atoms. The molecule has 8 atom stereocenters. The van der Waals surface area contributed by atoms with Gasteiger partial charge in [-0.25, -0.2) is 0 Å². The van der Waals surface area contributed by atoms with Crippen molar-refractivity contribution in [2.75, 3.05) is 6.61 Å². The molecular weight excluding hydrogens is 420 g/mol. The average molecular weight is 475 g/mol. The Morgan fingerprint density at radius 1 is 1.09 bits per heavy atom. The third kappa shape index (κ3) is 4.46. The highest BCUT2D eigenvalue weighted by molar-refractivity contribution is 6.74. The molecule has 0 aromatic heterocycles. The molecule has 4 aliphatic carbocycles. The van der Waals surface area contributed by atoms with Crippen molar-refractivity contribution in [3.63, 3.8) is 0 Å². The van der Waals surface area contributed by atoms with Crippen molar-refractivity contribution in [3.8, 4) is 0 Å². The number of hydrogen-bond acceptors (Lipinski definition) is 2. The van der Waals surface area contributed by atoms with Gasteiger partial charge in [0.15, 0.2) is 8.32 Å². The molecule has 0 radical (unpaired) electrons. The molecule has 0 heterocycles. The van der Waals surface area contributed by atoms with Gasteiger partial charge in [0.05, 0.1) is 0 Å². The third-order valence-electron chi connectivity index (χ3n) is 11.9. The lowest BCUT2D eigenvalue weighted by atomic mass is 9.47. The molecular formula is C30H54O2Si. The van der Waals surface area contributed by atoms with E-state index in [0.717, 1.165) is 36.0 Å². The van der Waals surface area contributed by atoms with Gasteiger partial charge in [-0.2, -0.15) is 0 Å². The first-order valence-electron chi connectivity index (χ1n) is 14.3. The molecule has 4 rings (SSSR count). The summed E-state index contributed by atoms with van der Waals surface area (Å²) in [6.07, 6.45) is 16.2. The van der Waals surface area contributed by atoms with Crippen LogP contribution in [-0.2, 0) is 4.43 Å². The Labute approximate surface area is 206 Å². The van der Waals surface area contributed by atoms with Crippen LogP contribution < -0.4 is 0 Å². The first kappa shape index (κ1) is 26.0. The van der Waals surface area contributed by atoms with Crippen LogP contribution in [-0.4, -0.2) is 26.1 Å². The minimum Gasteiger partial charge on any atom is -0.414 e. The van der Waals surface area contributed by atoms with E-state index in [1.165, 1.54) is 57.8 Å². The normalized spacial score (nSPS) is 42.2. The molecule has 4 aliphatic rings. The highest BCUT2D eigenvalue weighted by Gasteiger charge is 2.59. The lowest BCUT2D eigenvalue weighted by Crippen LogP contribution is -2.52. The van der Waals surface area contributed by atoms with Crippen LogP contribution in [0.15, 0.2) is 11.6 Å². The molecule has 3 saturated carbocycles. The van der Waals surface area contributed by atoms with Crippen molar-refractivity contribution in [1.82, 2.24) is 0 Å². The van der Waals surface area contributed by atoms with Crippen molar-refractivity contribution in [1.29, 1.82) is 0 Å². The smallest absolute Gasteiger partial charge is 0.192 e. The van der Waals surface area contributed by atoms with Crippen LogP contribution in [0.25, 0.3) is 0 Å². The predicted molar refractivity (Wildman–Crippen MR) is 143 cm³/mol. The van der Waals surface area contributed by atoms with Gasteiger partial charge in [0, 0.05) is 12.7 Å². The molecule has 190 valence electrons. The van der Waals surface area contributed by atoms with Crippen LogP contribution in [0.3, 0.4) is 0 Å². The SMILES string of the molecule is CC(CCCO)C1CCC2C3CC=C4CC(O[Si](C)(C)C(C)(C)C)CCC4(C)C3CCC12C. The second-order valence-corrected chi connectivity index (χ2v) is 19.3. The molecule has 3 fully saturated rings. The fourth-order valence-corrected chi connectivity index (χ4v) is 10.3. The maximum atomic E-state index is 9.35. The third-order valence-corrected chi connectivity index (χ3v) is 16.4. The Morgan fingerprint density at radius 3 is 2.48 bits per heavy atom. The van der Waals surface area contributed by atoms with E-state index in [1.807, 2.05) is 0 Å². The molecule has 8 unspecified atom stereocenters. The van der Waals surface area contributed by atoms with Gasteiger partial charge in [-0.3, -0.25) is 0 Å². The average Bonchev–Trinajstić information content (AvgIpc) is 3.08. The van der Waals surface area contributed by atoms with E-state index in [0.29, 0.717) is 28.6 Å². The zero-order chi connectivity index (χ0) is 24.2. The van der Waals surface area contributed by atoms with Crippen molar-refractivity contribution in [3.05, 3.63) is 11.6 Å². The van der Waals surface area contributed by atoms with Crippen LogP contribution in [0.5, 0.6) is 0 Å². The van der Waals surface area contributed by atoms with Crippen LogP contribution >= 0.6 is 0 Å². The zero-order valence-electron chi connectivity index (χ0n) is 23.2. The summed E-state index contributed by atoms with van der Waals surface area (Å²) in [5.41, 5.74) is 2.70. The fourth-order valence-electron chi connectivity index (χ4n) is 8.91. The van der Waals surface area contributed by atoms with Gasteiger partial charge >= 0.3 is 0 Å². The summed E-state index contributed by atoms with van der Waals surface area (Å²) in [6.45, 7) is 20.1. The molecule has 1 N–H and O–H groups in total.